The molecule has 2 rings (SSSR count). The predicted molar refractivity (Wildman–Crippen MR) is 86.1 cm³/mol. The molecule has 156 valence electrons. The van der Waals surface area contributed by atoms with E-state index in [0.29, 0.717) is 18.6 Å². The first-order valence-corrected chi connectivity index (χ1v) is 8.30. The number of hydrogen-bond donors (Lipinski definition) is 0. The Bertz CT molecular complexity index is 674. The molecule has 0 bridgehead atoms. The molecule has 0 radical (unpaired) electrons. The van der Waals surface area contributed by atoms with Crippen LogP contribution in [0, 0.1) is 17.6 Å². The van der Waals surface area contributed by atoms with Gasteiger partial charge in [0.25, 0.3) is 6.29 Å². The third-order valence-corrected chi connectivity index (χ3v) is 3.75. The molecule has 0 amide bonds. The van der Waals surface area contributed by atoms with Crippen molar-refractivity contribution in [2.24, 2.45) is 5.92 Å². The van der Waals surface area contributed by atoms with Crippen molar-refractivity contribution in [1.82, 2.24) is 0 Å². The van der Waals surface area contributed by atoms with Crippen LogP contribution in [0.4, 0.5) is 26.3 Å². The van der Waals surface area contributed by atoms with E-state index in [4.69, 9.17) is 9.47 Å². The van der Waals surface area contributed by atoms with Gasteiger partial charge in [-0.15, -0.1) is 6.58 Å². The summed E-state index contributed by atoms with van der Waals surface area (Å²) in [6, 6.07) is 0.744. The third kappa shape index (κ3) is 6.16. The molecule has 4 nitrogen and oxygen atoms in total. The molecule has 1 aromatic rings. The van der Waals surface area contributed by atoms with Crippen molar-refractivity contribution in [3.8, 4) is 11.5 Å². The number of ether oxygens (including phenoxy) is 4. The van der Waals surface area contributed by atoms with Gasteiger partial charge in [0.1, 0.15) is 5.75 Å². The highest BCUT2D eigenvalue weighted by molar-refractivity contribution is 5.35. The zero-order valence-corrected chi connectivity index (χ0v) is 14.6. The van der Waals surface area contributed by atoms with Crippen molar-refractivity contribution in [2.75, 3.05) is 13.2 Å². The van der Waals surface area contributed by atoms with Crippen LogP contribution >= 0.6 is 0 Å². The van der Waals surface area contributed by atoms with Gasteiger partial charge in [0.05, 0.1) is 13.2 Å². The molecule has 1 fully saturated rings. The summed E-state index contributed by atoms with van der Waals surface area (Å²) < 4.78 is 98.1. The van der Waals surface area contributed by atoms with Crippen molar-refractivity contribution in [1.29, 1.82) is 0 Å². The molecule has 28 heavy (non-hydrogen) atoms. The maximum atomic E-state index is 14.2. The van der Waals surface area contributed by atoms with Gasteiger partial charge >= 0.3 is 12.2 Å². The first-order chi connectivity index (χ1) is 13.2. The van der Waals surface area contributed by atoms with Crippen LogP contribution < -0.4 is 9.47 Å². The Labute approximate surface area is 157 Å². The molecule has 0 spiro atoms. The van der Waals surface area contributed by atoms with Gasteiger partial charge < -0.3 is 18.9 Å². The molecule has 1 aliphatic heterocycles. The molecule has 0 saturated carbocycles. The maximum Gasteiger partial charge on any atom is 0.451 e. The van der Waals surface area contributed by atoms with E-state index in [1.807, 2.05) is 0 Å². The monoisotopic (exact) mass is 412 g/mol. The summed E-state index contributed by atoms with van der Waals surface area (Å²) in [5.41, 5.74) is 0. The smallest absolute Gasteiger partial charge is 0.451 e. The van der Waals surface area contributed by atoms with E-state index in [1.54, 1.807) is 6.08 Å². The lowest BCUT2D eigenvalue weighted by Gasteiger charge is -2.33. The Balaban J connectivity index is 1.98. The van der Waals surface area contributed by atoms with Gasteiger partial charge in [0.15, 0.2) is 23.6 Å². The summed E-state index contributed by atoms with van der Waals surface area (Å²) in [6.45, 7) is 3.61. The molecular formula is C18H18F6O4. The minimum Gasteiger partial charge on any atom is -0.453 e. The summed E-state index contributed by atoms with van der Waals surface area (Å²) in [5, 5.41) is 0. The quantitative estimate of drug-likeness (QED) is 0.236. The zero-order chi connectivity index (χ0) is 20.7. The minimum atomic E-state index is -4.04. The highest BCUT2D eigenvalue weighted by atomic mass is 19.3. The first kappa shape index (κ1) is 22.1. The van der Waals surface area contributed by atoms with Gasteiger partial charge in [-0.05, 0) is 19.3 Å². The van der Waals surface area contributed by atoms with E-state index in [-0.39, 0.29) is 25.4 Å². The van der Waals surface area contributed by atoms with Gasteiger partial charge in [-0.2, -0.15) is 17.6 Å². The number of allylic oxidation sites excluding steroid dienone is 1. The average Bonchev–Trinajstić information content (AvgIpc) is 2.61. The molecule has 0 atom stereocenters. The largest absolute Gasteiger partial charge is 0.453 e. The van der Waals surface area contributed by atoms with E-state index in [9.17, 15) is 26.3 Å². The first-order valence-electron chi connectivity index (χ1n) is 8.30. The maximum absolute atomic E-state index is 14.2. The fourth-order valence-electron chi connectivity index (χ4n) is 2.47. The van der Waals surface area contributed by atoms with Crippen LogP contribution in [0.15, 0.2) is 37.1 Å². The zero-order valence-electron chi connectivity index (χ0n) is 14.6. The molecule has 0 unspecified atom stereocenters. The number of rotatable bonds is 9. The van der Waals surface area contributed by atoms with Gasteiger partial charge in [0, 0.05) is 18.1 Å². The Hall–Kier alpha value is -2.20. The number of unbranched alkanes of at least 4 members (excludes halogenated alkanes) is 1. The Morgan fingerprint density at radius 3 is 2.32 bits per heavy atom. The van der Waals surface area contributed by atoms with Crippen LogP contribution in [-0.2, 0) is 9.47 Å². The fourth-order valence-corrected chi connectivity index (χ4v) is 2.47. The van der Waals surface area contributed by atoms with Crippen molar-refractivity contribution < 1.29 is 45.3 Å². The summed E-state index contributed by atoms with van der Waals surface area (Å²) in [6.07, 6.45) is -4.58. The Kier molecular flexibility index (Phi) is 7.76. The van der Waals surface area contributed by atoms with Gasteiger partial charge in [-0.25, -0.2) is 8.78 Å². The Morgan fingerprint density at radius 1 is 1.18 bits per heavy atom. The second kappa shape index (κ2) is 9.83. The van der Waals surface area contributed by atoms with Crippen LogP contribution in [0.3, 0.4) is 0 Å². The van der Waals surface area contributed by atoms with E-state index in [0.717, 1.165) is 12.8 Å². The second-order valence-corrected chi connectivity index (χ2v) is 5.99. The SMILES string of the molecule is C=CCCCC1COC(C(F)(F)Oc2cc(F)c(OC=C(F)F)c(F)c2)OC1. The highest BCUT2D eigenvalue weighted by Gasteiger charge is 2.47. The summed E-state index contributed by atoms with van der Waals surface area (Å²) in [5.74, 6) is -5.15. The fraction of sp³-hybridized carbons (Fsp3) is 0.444. The normalized spacial score (nSPS) is 19.8. The molecule has 1 heterocycles. The van der Waals surface area contributed by atoms with E-state index in [1.165, 1.54) is 0 Å². The lowest BCUT2D eigenvalue weighted by atomic mass is 10.0. The molecule has 0 N–H and O–H groups in total. The van der Waals surface area contributed by atoms with Gasteiger partial charge in [0.2, 0.25) is 0 Å². The Morgan fingerprint density at radius 2 is 1.79 bits per heavy atom. The van der Waals surface area contributed by atoms with Gasteiger partial charge in [-0.3, -0.25) is 0 Å². The average molecular weight is 412 g/mol. The summed E-state index contributed by atoms with van der Waals surface area (Å²) in [4.78, 5) is 0. The molecule has 0 aliphatic carbocycles. The second-order valence-electron chi connectivity index (χ2n) is 5.99. The third-order valence-electron chi connectivity index (χ3n) is 3.75. The summed E-state index contributed by atoms with van der Waals surface area (Å²) >= 11 is 0. The van der Waals surface area contributed by atoms with Crippen LogP contribution in [0.1, 0.15) is 19.3 Å². The number of alkyl halides is 2. The van der Waals surface area contributed by atoms with E-state index < -0.39 is 41.6 Å². The summed E-state index contributed by atoms with van der Waals surface area (Å²) in [7, 11) is 0. The molecule has 1 aliphatic rings. The number of benzene rings is 1. The highest BCUT2D eigenvalue weighted by Crippen LogP contribution is 2.34. The van der Waals surface area contributed by atoms with E-state index >= 15 is 0 Å². The molecule has 1 aromatic carbocycles. The minimum absolute atomic E-state index is 0.0113. The van der Waals surface area contributed by atoms with Crippen LogP contribution in [0.2, 0.25) is 0 Å². The standard InChI is InChI=1S/C18H18F6O4/c1-2-3-4-5-11-8-26-17(27-9-11)18(23,24)28-12-6-13(19)16(14(20)7-12)25-10-15(21)22/h2,6-7,10-11,17H,1,3-5,8-9H2. The number of hydrogen-bond acceptors (Lipinski definition) is 4. The topological polar surface area (TPSA) is 36.9 Å². The van der Waals surface area contributed by atoms with Crippen LogP contribution in [0.25, 0.3) is 0 Å². The number of halogens is 6. The lowest BCUT2D eigenvalue weighted by Crippen LogP contribution is -2.47. The van der Waals surface area contributed by atoms with Crippen molar-refractivity contribution in [3.63, 3.8) is 0 Å². The van der Waals surface area contributed by atoms with Crippen LogP contribution in [-0.4, -0.2) is 25.6 Å². The van der Waals surface area contributed by atoms with Gasteiger partial charge in [-0.1, -0.05) is 6.08 Å². The molecular weight excluding hydrogens is 394 g/mol. The van der Waals surface area contributed by atoms with Crippen molar-refractivity contribution >= 4 is 0 Å². The predicted octanol–water partition coefficient (Wildman–Crippen LogP) is 5.40. The van der Waals surface area contributed by atoms with Crippen molar-refractivity contribution in [3.05, 3.63) is 48.8 Å². The van der Waals surface area contributed by atoms with Crippen LogP contribution in [0.5, 0.6) is 11.5 Å². The van der Waals surface area contributed by atoms with Crippen molar-refractivity contribution in [2.45, 2.75) is 31.7 Å². The lowest BCUT2D eigenvalue weighted by molar-refractivity contribution is -0.352. The molecule has 0 aromatic heterocycles. The van der Waals surface area contributed by atoms with E-state index in [2.05, 4.69) is 16.1 Å². The molecule has 10 heteroatoms. The molecule has 1 saturated heterocycles.